The van der Waals surface area contributed by atoms with Gasteiger partial charge < -0.3 is 20.1 Å². The second-order valence-electron chi connectivity index (χ2n) is 4.71. The lowest BCUT2D eigenvalue weighted by molar-refractivity contribution is 0.404. The smallest absolute Gasteiger partial charge is 0.225 e. The van der Waals surface area contributed by atoms with Gasteiger partial charge in [0.15, 0.2) is 0 Å². The van der Waals surface area contributed by atoms with Crippen LogP contribution in [0.15, 0.2) is 24.3 Å². The molecule has 22 heavy (non-hydrogen) atoms. The maximum absolute atomic E-state index is 5.73. The summed E-state index contributed by atoms with van der Waals surface area (Å²) in [6.45, 7) is 0.350. The van der Waals surface area contributed by atoms with Gasteiger partial charge in [0.25, 0.3) is 0 Å². The molecule has 0 aliphatic carbocycles. The van der Waals surface area contributed by atoms with Gasteiger partial charge in [-0.25, -0.2) is 9.97 Å². The zero-order valence-corrected chi connectivity index (χ0v) is 14.0. The van der Waals surface area contributed by atoms with Crippen LogP contribution in [-0.4, -0.2) is 38.3 Å². The van der Waals surface area contributed by atoms with Gasteiger partial charge in [-0.1, -0.05) is 0 Å². The number of benzene rings is 1. The zero-order chi connectivity index (χ0) is 15.4. The van der Waals surface area contributed by atoms with Crippen molar-refractivity contribution in [1.82, 2.24) is 9.97 Å². The first-order valence-corrected chi connectivity index (χ1v) is 6.56. The number of ether oxygens (including phenoxy) is 2. The Bertz CT molecular complexity index is 635. The van der Waals surface area contributed by atoms with Gasteiger partial charge in [-0.15, -0.1) is 12.4 Å². The van der Waals surface area contributed by atoms with Crippen molar-refractivity contribution in [1.29, 1.82) is 0 Å². The predicted octanol–water partition coefficient (Wildman–Crippen LogP) is 2.11. The molecule has 1 aromatic carbocycles. The lowest BCUT2D eigenvalue weighted by Gasteiger charge is -2.15. The van der Waals surface area contributed by atoms with Crippen molar-refractivity contribution >= 4 is 18.4 Å². The summed E-state index contributed by atoms with van der Waals surface area (Å²) in [5.41, 5.74) is 8.10. The predicted molar refractivity (Wildman–Crippen MR) is 90.0 cm³/mol. The van der Waals surface area contributed by atoms with Gasteiger partial charge in [-0.2, -0.15) is 0 Å². The van der Waals surface area contributed by atoms with Gasteiger partial charge >= 0.3 is 0 Å². The molecule has 0 fully saturated rings. The molecule has 2 N–H and O–H groups in total. The minimum atomic E-state index is 0. The van der Waals surface area contributed by atoms with Gasteiger partial charge in [0.05, 0.1) is 25.6 Å². The molecule has 2 rings (SSSR count). The average molecular weight is 325 g/mol. The summed E-state index contributed by atoms with van der Waals surface area (Å²) in [5.74, 6) is 2.07. The van der Waals surface area contributed by atoms with Crippen molar-refractivity contribution in [2.75, 3.05) is 33.2 Å². The molecule has 0 spiro atoms. The minimum Gasteiger partial charge on any atom is -0.497 e. The van der Waals surface area contributed by atoms with Crippen LogP contribution in [0.4, 0.5) is 5.95 Å². The van der Waals surface area contributed by atoms with Crippen molar-refractivity contribution in [2.45, 2.75) is 6.54 Å². The number of anilines is 1. The molecular formula is C15H21ClN4O2. The number of aromatic nitrogens is 2. The van der Waals surface area contributed by atoms with E-state index in [0.29, 0.717) is 12.5 Å². The largest absolute Gasteiger partial charge is 0.497 e. The first kappa shape index (κ1) is 18.0. The van der Waals surface area contributed by atoms with Crippen molar-refractivity contribution in [3.05, 3.63) is 30.0 Å². The molecule has 6 nitrogen and oxygen atoms in total. The summed E-state index contributed by atoms with van der Waals surface area (Å²) < 4.78 is 10.7. The van der Waals surface area contributed by atoms with E-state index in [2.05, 4.69) is 9.97 Å². The first-order chi connectivity index (χ1) is 10.1. The van der Waals surface area contributed by atoms with E-state index in [1.165, 1.54) is 0 Å². The third kappa shape index (κ3) is 3.78. The number of nitrogens with two attached hydrogens (primary N) is 1. The summed E-state index contributed by atoms with van der Waals surface area (Å²) in [6.07, 6.45) is 0. The molecule has 1 aromatic heterocycles. The molecule has 2 aromatic rings. The van der Waals surface area contributed by atoms with Crippen LogP contribution in [0.25, 0.3) is 11.3 Å². The van der Waals surface area contributed by atoms with Gasteiger partial charge in [0, 0.05) is 26.2 Å². The molecular weight excluding hydrogens is 304 g/mol. The van der Waals surface area contributed by atoms with Crippen LogP contribution in [0, 0.1) is 0 Å². The molecule has 120 valence electrons. The van der Waals surface area contributed by atoms with Crippen LogP contribution in [-0.2, 0) is 6.54 Å². The Balaban J connectivity index is 0.00000242. The van der Waals surface area contributed by atoms with Crippen LogP contribution < -0.4 is 20.1 Å². The highest BCUT2D eigenvalue weighted by atomic mass is 35.5. The van der Waals surface area contributed by atoms with E-state index in [1.54, 1.807) is 14.2 Å². The Labute approximate surface area is 136 Å². The fourth-order valence-corrected chi connectivity index (χ4v) is 1.94. The summed E-state index contributed by atoms with van der Waals surface area (Å²) >= 11 is 0. The Morgan fingerprint density at radius 1 is 1.09 bits per heavy atom. The molecule has 0 atom stereocenters. The Morgan fingerprint density at radius 3 is 2.36 bits per heavy atom. The molecule has 0 amide bonds. The third-order valence-electron chi connectivity index (χ3n) is 3.06. The molecule has 0 aliphatic heterocycles. The number of halogens is 1. The maximum atomic E-state index is 5.73. The average Bonchev–Trinajstić information content (AvgIpc) is 2.53. The second-order valence-corrected chi connectivity index (χ2v) is 4.71. The van der Waals surface area contributed by atoms with Crippen molar-refractivity contribution in [3.63, 3.8) is 0 Å². The Hall–Kier alpha value is -2.05. The zero-order valence-electron chi connectivity index (χ0n) is 13.2. The minimum absolute atomic E-state index is 0. The Kier molecular flexibility index (Phi) is 6.39. The van der Waals surface area contributed by atoms with Crippen molar-refractivity contribution in [3.8, 4) is 22.8 Å². The van der Waals surface area contributed by atoms with Crippen LogP contribution in [0.1, 0.15) is 5.69 Å². The molecule has 0 unspecified atom stereocenters. The first-order valence-electron chi connectivity index (χ1n) is 6.56. The van der Waals surface area contributed by atoms with E-state index >= 15 is 0 Å². The standard InChI is InChI=1S/C15H20N4O2.ClH/c1-19(2)15-17-10(9-16)7-13(18-15)12-8-11(20-3)5-6-14(12)21-4;/h5-8H,9,16H2,1-4H3;1H. The second kappa shape index (κ2) is 7.82. The molecule has 0 aliphatic rings. The lowest BCUT2D eigenvalue weighted by atomic mass is 10.1. The van der Waals surface area contributed by atoms with E-state index in [-0.39, 0.29) is 12.4 Å². The van der Waals surface area contributed by atoms with Gasteiger partial charge in [0.1, 0.15) is 11.5 Å². The topological polar surface area (TPSA) is 73.5 Å². The monoisotopic (exact) mass is 324 g/mol. The Morgan fingerprint density at radius 2 is 1.82 bits per heavy atom. The van der Waals surface area contributed by atoms with E-state index in [9.17, 15) is 0 Å². The van der Waals surface area contributed by atoms with Crippen molar-refractivity contribution in [2.24, 2.45) is 5.73 Å². The lowest BCUT2D eigenvalue weighted by Crippen LogP contribution is -2.15. The molecule has 0 radical (unpaired) electrons. The van der Waals surface area contributed by atoms with E-state index < -0.39 is 0 Å². The van der Waals surface area contributed by atoms with Gasteiger partial charge in [0.2, 0.25) is 5.95 Å². The molecule has 0 saturated carbocycles. The maximum Gasteiger partial charge on any atom is 0.225 e. The van der Waals surface area contributed by atoms with Crippen LogP contribution in [0.2, 0.25) is 0 Å². The van der Waals surface area contributed by atoms with Gasteiger partial charge in [-0.3, -0.25) is 0 Å². The number of nitrogens with zero attached hydrogens (tertiary/aromatic N) is 3. The summed E-state index contributed by atoms with van der Waals surface area (Å²) in [6, 6.07) is 7.46. The van der Waals surface area contributed by atoms with Crippen LogP contribution in [0.5, 0.6) is 11.5 Å². The summed E-state index contributed by atoms with van der Waals surface area (Å²) in [5, 5.41) is 0. The number of methoxy groups -OCH3 is 2. The highest BCUT2D eigenvalue weighted by molar-refractivity contribution is 5.85. The van der Waals surface area contributed by atoms with Gasteiger partial charge in [-0.05, 0) is 24.3 Å². The van der Waals surface area contributed by atoms with E-state index in [0.717, 1.165) is 28.5 Å². The molecule has 1 heterocycles. The highest BCUT2D eigenvalue weighted by Gasteiger charge is 2.13. The number of hydrogen-bond donors (Lipinski definition) is 1. The molecule has 0 bridgehead atoms. The van der Waals surface area contributed by atoms with E-state index in [1.807, 2.05) is 43.3 Å². The third-order valence-corrected chi connectivity index (χ3v) is 3.06. The quantitative estimate of drug-likeness (QED) is 0.908. The SMILES string of the molecule is COc1ccc(OC)c(-c2cc(CN)nc(N(C)C)n2)c1.Cl. The van der Waals surface area contributed by atoms with Crippen LogP contribution >= 0.6 is 12.4 Å². The number of rotatable bonds is 5. The van der Waals surface area contributed by atoms with E-state index in [4.69, 9.17) is 15.2 Å². The molecule has 7 heteroatoms. The number of hydrogen-bond acceptors (Lipinski definition) is 6. The van der Waals surface area contributed by atoms with Crippen molar-refractivity contribution < 1.29 is 9.47 Å². The fourth-order valence-electron chi connectivity index (χ4n) is 1.94. The fraction of sp³-hybridized carbons (Fsp3) is 0.333. The highest BCUT2D eigenvalue weighted by Crippen LogP contribution is 2.33. The summed E-state index contributed by atoms with van der Waals surface area (Å²) in [7, 11) is 7.04. The molecule has 0 saturated heterocycles. The normalized spacial score (nSPS) is 9.86. The van der Waals surface area contributed by atoms with Crippen LogP contribution in [0.3, 0.4) is 0 Å². The summed E-state index contributed by atoms with van der Waals surface area (Å²) in [4.78, 5) is 10.8.